The van der Waals surface area contributed by atoms with E-state index in [0.29, 0.717) is 21.5 Å². The highest BCUT2D eigenvalue weighted by Gasteiger charge is 2.18. The standard InChI is InChI=1S/C25H30Cl2N4O2.C2H6/c1-16-4-9-24(31-12-10-19(28)11-13-31)30-22-7-6-20(14-21(16)22)29-25(32)15-33-23(18(3)27)8-5-17(2)26;1-2/h5-9,14,19H,2,4,10-13,15,28H2,1,3H3,(H,29,32);1-2H3/b8-5-,23-18-;. The third-order valence-electron chi connectivity index (χ3n) is 5.54. The Labute approximate surface area is 218 Å². The number of rotatable bonds is 7. The summed E-state index contributed by atoms with van der Waals surface area (Å²) in [6.07, 6.45) is 8.06. The summed E-state index contributed by atoms with van der Waals surface area (Å²) in [5.41, 5.74) is 7.92. The lowest BCUT2D eigenvalue weighted by Crippen LogP contribution is -2.39. The Morgan fingerprint density at radius 3 is 2.60 bits per heavy atom. The van der Waals surface area contributed by atoms with Crippen molar-refractivity contribution in [2.24, 2.45) is 10.7 Å². The number of halogens is 2. The second kappa shape index (κ2) is 14.1. The smallest absolute Gasteiger partial charge is 0.262 e. The van der Waals surface area contributed by atoms with Gasteiger partial charge in [-0.25, -0.2) is 4.99 Å². The topological polar surface area (TPSA) is 80.0 Å². The van der Waals surface area contributed by atoms with Crippen LogP contribution in [0, 0.1) is 0 Å². The molecule has 0 unspecified atom stereocenters. The predicted molar refractivity (Wildman–Crippen MR) is 146 cm³/mol. The van der Waals surface area contributed by atoms with Gasteiger partial charge in [-0.05, 0) is 69.5 Å². The SMILES string of the molecule is C=C(Cl)/C=C\C(OCC(=O)Nc1ccc2c(c1)=C(C)CC=C(N1CCC(N)CC1)N=2)=C(/C)Cl.CC. The van der Waals surface area contributed by atoms with Crippen LogP contribution in [-0.4, -0.2) is 36.5 Å². The number of benzene rings is 1. The molecule has 1 aromatic rings. The van der Waals surface area contributed by atoms with Crippen LogP contribution in [0.2, 0.25) is 0 Å². The van der Waals surface area contributed by atoms with Crippen LogP contribution in [0.1, 0.15) is 47.0 Å². The predicted octanol–water partition coefficient (Wildman–Crippen LogP) is 4.91. The fraction of sp³-hybridized carbons (Fsp3) is 0.407. The molecule has 3 N–H and O–H groups in total. The molecule has 0 aliphatic carbocycles. The van der Waals surface area contributed by atoms with E-state index >= 15 is 0 Å². The lowest BCUT2D eigenvalue weighted by molar-refractivity contribution is -0.119. The zero-order valence-corrected chi connectivity index (χ0v) is 22.5. The van der Waals surface area contributed by atoms with Gasteiger partial charge in [0, 0.05) is 35.1 Å². The number of ether oxygens (including phenoxy) is 1. The van der Waals surface area contributed by atoms with Crippen LogP contribution in [-0.2, 0) is 9.53 Å². The van der Waals surface area contributed by atoms with Gasteiger partial charge in [-0.3, -0.25) is 4.79 Å². The van der Waals surface area contributed by atoms with Crippen molar-refractivity contribution >= 4 is 40.4 Å². The van der Waals surface area contributed by atoms with Gasteiger partial charge in [0.05, 0.1) is 10.4 Å². The minimum atomic E-state index is -0.296. The minimum absolute atomic E-state index is 0.189. The quantitative estimate of drug-likeness (QED) is 0.397. The number of fused-ring (bicyclic) bond motifs is 1. The Morgan fingerprint density at radius 2 is 1.97 bits per heavy atom. The van der Waals surface area contributed by atoms with E-state index in [9.17, 15) is 4.79 Å². The van der Waals surface area contributed by atoms with Crippen molar-refractivity contribution in [1.29, 1.82) is 0 Å². The number of carbonyl (C=O) groups excluding carboxylic acids is 1. The van der Waals surface area contributed by atoms with E-state index in [1.165, 1.54) is 5.57 Å². The molecule has 0 atom stereocenters. The molecule has 1 fully saturated rings. The number of carbonyl (C=O) groups is 1. The Morgan fingerprint density at radius 1 is 1.29 bits per heavy atom. The number of likely N-dealkylation sites (tertiary alicyclic amines) is 1. The highest BCUT2D eigenvalue weighted by atomic mass is 35.5. The molecule has 2 aliphatic heterocycles. The van der Waals surface area contributed by atoms with Gasteiger partial charge in [-0.2, -0.15) is 0 Å². The summed E-state index contributed by atoms with van der Waals surface area (Å²) < 4.78 is 5.53. The first-order valence-corrected chi connectivity index (χ1v) is 12.7. The summed E-state index contributed by atoms with van der Waals surface area (Å²) >= 11 is 11.8. The van der Waals surface area contributed by atoms with E-state index in [1.54, 1.807) is 19.1 Å². The van der Waals surface area contributed by atoms with E-state index in [2.05, 4.69) is 29.8 Å². The number of piperidine rings is 1. The van der Waals surface area contributed by atoms with Crippen LogP contribution >= 0.6 is 23.2 Å². The van der Waals surface area contributed by atoms with Crippen LogP contribution in [0.5, 0.6) is 0 Å². The molecule has 190 valence electrons. The second-order valence-electron chi connectivity index (χ2n) is 8.23. The average molecular weight is 520 g/mol. The molecule has 0 saturated carbocycles. The normalized spacial score (nSPS) is 16.7. The number of hydrogen-bond donors (Lipinski definition) is 2. The first-order chi connectivity index (χ1) is 16.7. The van der Waals surface area contributed by atoms with Crippen molar-refractivity contribution in [3.63, 3.8) is 0 Å². The molecule has 1 saturated heterocycles. The lowest BCUT2D eigenvalue weighted by atomic mass is 10.1. The van der Waals surface area contributed by atoms with Gasteiger partial charge in [-0.15, -0.1) is 0 Å². The van der Waals surface area contributed by atoms with Crippen molar-refractivity contribution in [3.8, 4) is 0 Å². The van der Waals surface area contributed by atoms with E-state index in [0.717, 1.165) is 48.7 Å². The zero-order valence-electron chi connectivity index (χ0n) is 21.0. The maximum absolute atomic E-state index is 12.5. The highest BCUT2D eigenvalue weighted by Crippen LogP contribution is 2.18. The molecule has 3 rings (SSSR count). The molecular weight excluding hydrogens is 483 g/mol. The number of nitrogens with zero attached hydrogens (tertiary/aromatic N) is 2. The summed E-state index contributed by atoms with van der Waals surface area (Å²) in [5.74, 6) is 1.06. The van der Waals surface area contributed by atoms with Crippen LogP contribution in [0.15, 0.2) is 69.6 Å². The number of anilines is 1. The van der Waals surface area contributed by atoms with Gasteiger partial charge < -0.3 is 20.7 Å². The molecular formula is C27H36Cl2N4O2. The van der Waals surface area contributed by atoms with Gasteiger partial charge in [0.1, 0.15) is 11.6 Å². The minimum Gasteiger partial charge on any atom is -0.483 e. The lowest BCUT2D eigenvalue weighted by Gasteiger charge is -2.31. The number of nitrogens with one attached hydrogen (secondary N) is 1. The molecule has 0 radical (unpaired) electrons. The molecule has 0 aromatic heterocycles. The Bertz CT molecular complexity index is 1130. The third kappa shape index (κ3) is 8.88. The van der Waals surface area contributed by atoms with Gasteiger partial charge in [0.25, 0.3) is 5.91 Å². The molecule has 2 heterocycles. The Hall–Kier alpha value is -2.54. The number of allylic oxidation sites excluding steroid dienone is 5. The van der Waals surface area contributed by atoms with Crippen molar-refractivity contribution < 1.29 is 9.53 Å². The summed E-state index contributed by atoms with van der Waals surface area (Å²) in [6.45, 7) is 13.0. The second-order valence-corrected chi connectivity index (χ2v) is 9.28. The summed E-state index contributed by atoms with van der Waals surface area (Å²) in [5, 5.41) is 5.54. The van der Waals surface area contributed by atoms with Gasteiger partial charge in [0.2, 0.25) is 0 Å². The largest absolute Gasteiger partial charge is 0.483 e. The molecule has 0 spiro atoms. The highest BCUT2D eigenvalue weighted by molar-refractivity contribution is 6.31. The molecule has 6 nitrogen and oxygen atoms in total. The fourth-order valence-corrected chi connectivity index (χ4v) is 3.85. The summed E-state index contributed by atoms with van der Waals surface area (Å²) in [6, 6.07) is 6.02. The van der Waals surface area contributed by atoms with Gasteiger partial charge >= 0.3 is 0 Å². The Kier molecular flexibility index (Phi) is 11.6. The molecule has 2 aliphatic rings. The first-order valence-electron chi connectivity index (χ1n) is 11.9. The molecule has 1 aromatic carbocycles. The van der Waals surface area contributed by atoms with Gasteiger partial charge in [-0.1, -0.05) is 49.2 Å². The molecule has 1 amide bonds. The van der Waals surface area contributed by atoms with Crippen molar-refractivity contribution in [1.82, 2.24) is 4.90 Å². The first kappa shape index (κ1) is 28.7. The number of nitrogens with two attached hydrogens (primary N) is 1. The summed E-state index contributed by atoms with van der Waals surface area (Å²) in [7, 11) is 0. The zero-order chi connectivity index (χ0) is 26.0. The molecule has 0 bridgehead atoms. The Balaban J connectivity index is 0.00000210. The average Bonchev–Trinajstić information content (AvgIpc) is 2.99. The van der Waals surface area contributed by atoms with Crippen LogP contribution < -0.4 is 21.6 Å². The van der Waals surface area contributed by atoms with E-state index in [4.69, 9.17) is 38.7 Å². The number of hydrogen-bond acceptors (Lipinski definition) is 5. The van der Waals surface area contributed by atoms with E-state index in [1.807, 2.05) is 32.0 Å². The van der Waals surface area contributed by atoms with Crippen molar-refractivity contribution in [3.05, 3.63) is 75.2 Å². The van der Waals surface area contributed by atoms with E-state index < -0.39 is 0 Å². The molecule has 8 heteroatoms. The fourth-order valence-electron chi connectivity index (χ4n) is 3.67. The third-order valence-corrected chi connectivity index (χ3v) is 5.86. The maximum Gasteiger partial charge on any atom is 0.262 e. The maximum atomic E-state index is 12.5. The van der Waals surface area contributed by atoms with Crippen molar-refractivity contribution in [2.75, 3.05) is 25.0 Å². The molecule has 35 heavy (non-hydrogen) atoms. The summed E-state index contributed by atoms with van der Waals surface area (Å²) in [4.78, 5) is 19.7. The van der Waals surface area contributed by atoms with Crippen LogP contribution in [0.4, 0.5) is 5.69 Å². The van der Waals surface area contributed by atoms with E-state index in [-0.39, 0.29) is 18.6 Å². The number of amides is 1. The van der Waals surface area contributed by atoms with Crippen LogP contribution in [0.25, 0.3) is 5.57 Å². The van der Waals surface area contributed by atoms with Gasteiger partial charge in [0.15, 0.2) is 6.61 Å². The van der Waals surface area contributed by atoms with Crippen LogP contribution in [0.3, 0.4) is 0 Å². The van der Waals surface area contributed by atoms with Crippen molar-refractivity contribution in [2.45, 2.75) is 53.0 Å². The monoisotopic (exact) mass is 518 g/mol.